The van der Waals surface area contributed by atoms with Crippen molar-refractivity contribution in [3.05, 3.63) is 29.6 Å². The zero-order valence-corrected chi connectivity index (χ0v) is 11.1. The van der Waals surface area contributed by atoms with E-state index in [1.165, 1.54) is 12.1 Å². The second kappa shape index (κ2) is 5.96. The average Bonchev–Trinajstić information content (AvgIpc) is 2.38. The van der Waals surface area contributed by atoms with Gasteiger partial charge in [0.25, 0.3) is 0 Å². The summed E-state index contributed by atoms with van der Waals surface area (Å²) < 4.78 is 45.5. The standard InChI is InChI=1S/C12H16FNO4S/c13-11-7-9(8-15)1-2-12(11)19(16,17)14-10-3-5-18-6-4-10/h1-2,7,10,14-15H,3-6,8H2. The molecule has 5 nitrogen and oxygen atoms in total. The summed E-state index contributed by atoms with van der Waals surface area (Å²) in [6.45, 7) is 0.670. The van der Waals surface area contributed by atoms with Crippen molar-refractivity contribution < 1.29 is 22.7 Å². The number of aliphatic hydroxyl groups is 1. The van der Waals surface area contributed by atoms with Crippen molar-refractivity contribution in [1.29, 1.82) is 0 Å². The van der Waals surface area contributed by atoms with Crippen LogP contribution in [-0.2, 0) is 21.4 Å². The maximum Gasteiger partial charge on any atom is 0.243 e. The summed E-state index contributed by atoms with van der Waals surface area (Å²) in [5, 5.41) is 8.87. The zero-order valence-electron chi connectivity index (χ0n) is 10.3. The van der Waals surface area contributed by atoms with E-state index in [2.05, 4.69) is 4.72 Å². The highest BCUT2D eigenvalue weighted by Gasteiger charge is 2.24. The number of benzene rings is 1. The molecule has 7 heteroatoms. The summed E-state index contributed by atoms with van der Waals surface area (Å²) in [5.41, 5.74) is 0.336. The Hall–Kier alpha value is -1.02. The van der Waals surface area contributed by atoms with Gasteiger partial charge in [0.2, 0.25) is 10.0 Å². The van der Waals surface area contributed by atoms with Crippen LogP contribution >= 0.6 is 0 Å². The largest absolute Gasteiger partial charge is 0.392 e. The fraction of sp³-hybridized carbons (Fsp3) is 0.500. The van der Waals surface area contributed by atoms with E-state index in [9.17, 15) is 12.8 Å². The number of halogens is 1. The van der Waals surface area contributed by atoms with E-state index in [0.717, 1.165) is 6.07 Å². The first-order chi connectivity index (χ1) is 9.03. The fourth-order valence-electron chi connectivity index (χ4n) is 1.96. The number of rotatable bonds is 4. The van der Waals surface area contributed by atoms with Gasteiger partial charge in [-0.2, -0.15) is 0 Å². The van der Waals surface area contributed by atoms with Gasteiger partial charge in [-0.05, 0) is 30.5 Å². The van der Waals surface area contributed by atoms with E-state index in [0.29, 0.717) is 31.6 Å². The van der Waals surface area contributed by atoms with Gasteiger partial charge in [-0.1, -0.05) is 6.07 Å². The SMILES string of the molecule is O=S(=O)(NC1CCOCC1)c1ccc(CO)cc1F. The van der Waals surface area contributed by atoms with Crippen LogP contribution in [0.2, 0.25) is 0 Å². The number of hydrogen-bond acceptors (Lipinski definition) is 4. The van der Waals surface area contributed by atoms with Crippen molar-refractivity contribution in [1.82, 2.24) is 4.72 Å². The Kier molecular flexibility index (Phi) is 4.51. The quantitative estimate of drug-likeness (QED) is 0.858. The molecule has 0 saturated carbocycles. The van der Waals surface area contributed by atoms with Gasteiger partial charge < -0.3 is 9.84 Å². The Morgan fingerprint density at radius 1 is 1.37 bits per heavy atom. The predicted molar refractivity (Wildman–Crippen MR) is 66.5 cm³/mol. The normalized spacial score (nSPS) is 17.6. The lowest BCUT2D eigenvalue weighted by molar-refractivity contribution is 0.0832. The molecular weight excluding hydrogens is 273 g/mol. The molecule has 2 N–H and O–H groups in total. The van der Waals surface area contributed by atoms with E-state index in [1.54, 1.807) is 0 Å². The molecule has 1 aromatic carbocycles. The van der Waals surface area contributed by atoms with Crippen molar-refractivity contribution in [3.8, 4) is 0 Å². The van der Waals surface area contributed by atoms with Crippen molar-refractivity contribution in [3.63, 3.8) is 0 Å². The van der Waals surface area contributed by atoms with E-state index < -0.39 is 20.7 Å². The minimum absolute atomic E-state index is 0.226. The number of hydrogen-bond donors (Lipinski definition) is 2. The number of nitrogens with one attached hydrogen (secondary N) is 1. The van der Waals surface area contributed by atoms with Crippen LogP contribution in [-0.4, -0.2) is 32.8 Å². The molecule has 1 saturated heterocycles. The van der Waals surface area contributed by atoms with Crippen LogP contribution in [0, 0.1) is 5.82 Å². The monoisotopic (exact) mass is 289 g/mol. The predicted octanol–water partition coefficient (Wildman–Crippen LogP) is 0.775. The molecule has 0 atom stereocenters. The van der Waals surface area contributed by atoms with Gasteiger partial charge in [-0.3, -0.25) is 0 Å². The fourth-order valence-corrected chi connectivity index (χ4v) is 3.32. The molecule has 2 rings (SSSR count). The minimum Gasteiger partial charge on any atom is -0.392 e. The van der Waals surface area contributed by atoms with Crippen LogP contribution in [0.25, 0.3) is 0 Å². The lowest BCUT2D eigenvalue weighted by Gasteiger charge is -2.23. The van der Waals surface area contributed by atoms with Crippen LogP contribution in [0.1, 0.15) is 18.4 Å². The molecule has 0 spiro atoms. The topological polar surface area (TPSA) is 75.6 Å². The maximum absolute atomic E-state index is 13.7. The Balaban J connectivity index is 2.18. The molecule has 0 aromatic heterocycles. The van der Waals surface area contributed by atoms with Crippen LogP contribution < -0.4 is 4.72 Å². The molecule has 1 heterocycles. The minimum atomic E-state index is -3.88. The van der Waals surface area contributed by atoms with Gasteiger partial charge in [0, 0.05) is 19.3 Å². The van der Waals surface area contributed by atoms with Crippen LogP contribution in [0.5, 0.6) is 0 Å². The van der Waals surface area contributed by atoms with Crippen LogP contribution in [0.3, 0.4) is 0 Å². The summed E-state index contributed by atoms with van der Waals surface area (Å²) in [6, 6.07) is 3.36. The van der Waals surface area contributed by atoms with Crippen LogP contribution in [0.4, 0.5) is 4.39 Å². The number of aliphatic hydroxyl groups excluding tert-OH is 1. The third kappa shape index (κ3) is 3.50. The molecule has 0 amide bonds. The molecule has 1 fully saturated rings. The van der Waals surface area contributed by atoms with E-state index in [-0.39, 0.29) is 12.6 Å². The zero-order chi connectivity index (χ0) is 13.9. The molecular formula is C12H16FNO4S. The van der Waals surface area contributed by atoms with Gasteiger partial charge >= 0.3 is 0 Å². The summed E-state index contributed by atoms with van der Waals surface area (Å²) in [4.78, 5) is -0.392. The average molecular weight is 289 g/mol. The second-order valence-electron chi connectivity index (χ2n) is 4.43. The highest BCUT2D eigenvalue weighted by Crippen LogP contribution is 2.18. The number of ether oxygens (including phenoxy) is 1. The third-order valence-corrected chi connectivity index (χ3v) is 4.57. The van der Waals surface area contributed by atoms with Crippen molar-refractivity contribution in [2.24, 2.45) is 0 Å². The first kappa shape index (κ1) is 14.4. The summed E-state index contributed by atoms with van der Waals surface area (Å²) in [5.74, 6) is -0.855. The van der Waals surface area contributed by atoms with Crippen molar-refractivity contribution in [2.75, 3.05) is 13.2 Å². The smallest absolute Gasteiger partial charge is 0.243 e. The highest BCUT2D eigenvalue weighted by atomic mass is 32.2. The first-order valence-corrected chi connectivity index (χ1v) is 7.50. The van der Waals surface area contributed by atoms with Gasteiger partial charge in [-0.25, -0.2) is 17.5 Å². The molecule has 0 radical (unpaired) electrons. The second-order valence-corrected chi connectivity index (χ2v) is 6.11. The Labute approximate surface area is 111 Å². The van der Waals surface area contributed by atoms with Gasteiger partial charge in [0.1, 0.15) is 10.7 Å². The highest BCUT2D eigenvalue weighted by molar-refractivity contribution is 7.89. The van der Waals surface area contributed by atoms with E-state index in [4.69, 9.17) is 9.84 Å². The molecule has 1 aromatic rings. The number of sulfonamides is 1. The third-order valence-electron chi connectivity index (χ3n) is 3.01. The molecule has 19 heavy (non-hydrogen) atoms. The van der Waals surface area contributed by atoms with E-state index in [1.807, 2.05) is 0 Å². The first-order valence-electron chi connectivity index (χ1n) is 6.02. The Morgan fingerprint density at radius 2 is 2.05 bits per heavy atom. The summed E-state index contributed by atoms with van der Waals surface area (Å²) in [7, 11) is -3.88. The molecule has 1 aliphatic heterocycles. The molecule has 106 valence electrons. The molecule has 0 bridgehead atoms. The summed E-state index contributed by atoms with van der Waals surface area (Å²) >= 11 is 0. The maximum atomic E-state index is 13.7. The molecule has 1 aliphatic rings. The molecule has 0 unspecified atom stereocenters. The lowest BCUT2D eigenvalue weighted by atomic mass is 10.1. The lowest BCUT2D eigenvalue weighted by Crippen LogP contribution is -2.39. The van der Waals surface area contributed by atoms with Crippen molar-refractivity contribution >= 4 is 10.0 Å². The van der Waals surface area contributed by atoms with E-state index >= 15 is 0 Å². The van der Waals surface area contributed by atoms with Crippen LogP contribution in [0.15, 0.2) is 23.1 Å². The van der Waals surface area contributed by atoms with Gasteiger partial charge in [0.05, 0.1) is 6.61 Å². The Morgan fingerprint density at radius 3 is 2.63 bits per heavy atom. The van der Waals surface area contributed by atoms with Crippen molar-refractivity contribution in [2.45, 2.75) is 30.4 Å². The summed E-state index contributed by atoms with van der Waals surface area (Å²) in [6.07, 6.45) is 1.16. The van der Waals surface area contributed by atoms with Gasteiger partial charge in [-0.15, -0.1) is 0 Å². The Bertz CT molecular complexity index is 541. The van der Waals surface area contributed by atoms with Gasteiger partial charge in [0.15, 0.2) is 0 Å². The molecule has 0 aliphatic carbocycles.